The lowest BCUT2D eigenvalue weighted by Crippen LogP contribution is -2.43. The van der Waals surface area contributed by atoms with Crippen LogP contribution < -0.4 is 30.5 Å². The molecule has 3 aromatic rings. The molecule has 200 valence electrons. The number of nitrogens with zero attached hydrogens (tertiary/aromatic N) is 2. The number of amides is 1. The minimum Gasteiger partial charge on any atom is -0.495 e. The average Bonchev–Trinajstić information content (AvgIpc) is 2.94. The van der Waals surface area contributed by atoms with Crippen LogP contribution >= 0.6 is 51.6 Å². The summed E-state index contributed by atoms with van der Waals surface area (Å²) < 4.78 is 10.8. The summed E-state index contributed by atoms with van der Waals surface area (Å²) in [6.45, 7) is 3.75. The number of rotatable bonds is 8. The number of halogens is 3. The number of ether oxygens (including phenoxy) is 2. The molecule has 0 bridgehead atoms. The molecule has 0 aromatic heterocycles. The minimum atomic E-state index is -0.412. The van der Waals surface area contributed by atoms with Crippen LogP contribution in [0.2, 0.25) is 10.0 Å². The van der Waals surface area contributed by atoms with E-state index in [1.165, 1.54) is 14.2 Å². The number of hydrogen-bond donors (Lipinski definition) is 3. The first kappa shape index (κ1) is 28.7. The van der Waals surface area contributed by atoms with E-state index >= 15 is 0 Å². The first-order chi connectivity index (χ1) is 18.4. The zero-order chi connectivity index (χ0) is 27.2. The molecule has 3 aromatic carbocycles. The van der Waals surface area contributed by atoms with E-state index in [0.717, 1.165) is 37.4 Å². The van der Waals surface area contributed by atoms with Crippen molar-refractivity contribution in [1.82, 2.24) is 5.32 Å². The lowest BCUT2D eigenvalue weighted by molar-refractivity contribution is 0.100. The molecule has 4 rings (SSSR count). The van der Waals surface area contributed by atoms with E-state index in [2.05, 4.69) is 42.3 Å². The van der Waals surface area contributed by atoms with Crippen molar-refractivity contribution in [3.05, 3.63) is 69.7 Å². The number of hydrogen-bond acceptors (Lipinski definition) is 6. The molecule has 1 heterocycles. The van der Waals surface area contributed by atoms with Gasteiger partial charge in [0, 0.05) is 66.7 Å². The maximum atomic E-state index is 12.9. The van der Waals surface area contributed by atoms with Gasteiger partial charge in [0.25, 0.3) is 5.91 Å². The van der Waals surface area contributed by atoms with Gasteiger partial charge in [0.05, 0.1) is 24.3 Å². The highest BCUT2D eigenvalue weighted by atomic mass is 127. The van der Waals surface area contributed by atoms with Crippen LogP contribution in [0, 0.1) is 0 Å². The SMILES string of the molecule is COc1cc(OC)c(Cl)c(-c2ccc(C(N)=NC(=O)c3ccc(N4CCNCC4)cc3)c(NPI)c2)c1Cl. The van der Waals surface area contributed by atoms with Crippen LogP contribution in [0.3, 0.4) is 0 Å². The summed E-state index contributed by atoms with van der Waals surface area (Å²) in [5.41, 5.74) is 10.4. The van der Waals surface area contributed by atoms with Crippen molar-refractivity contribution >= 4 is 74.7 Å². The molecule has 0 radical (unpaired) electrons. The van der Waals surface area contributed by atoms with Crippen molar-refractivity contribution in [2.75, 3.05) is 50.4 Å². The summed E-state index contributed by atoms with van der Waals surface area (Å²) in [5, 5.41) is 7.35. The van der Waals surface area contributed by atoms with Gasteiger partial charge in [0.15, 0.2) is 0 Å². The van der Waals surface area contributed by atoms with Gasteiger partial charge in [-0.1, -0.05) is 29.3 Å². The van der Waals surface area contributed by atoms with Crippen molar-refractivity contribution in [2.45, 2.75) is 0 Å². The molecule has 0 saturated carbocycles. The fourth-order valence-electron chi connectivity index (χ4n) is 4.19. The van der Waals surface area contributed by atoms with Crippen LogP contribution in [-0.2, 0) is 0 Å². The lowest BCUT2D eigenvalue weighted by atomic mass is 10.0. The number of amidine groups is 1. The Morgan fingerprint density at radius 3 is 2.26 bits per heavy atom. The largest absolute Gasteiger partial charge is 0.495 e. The van der Waals surface area contributed by atoms with Gasteiger partial charge in [0.1, 0.15) is 17.3 Å². The average molecular weight is 686 g/mol. The quantitative estimate of drug-likeness (QED) is 0.116. The number of carbonyl (C=O) groups excluding carboxylic acids is 1. The normalized spacial score (nSPS) is 14.1. The number of piperazine rings is 1. The van der Waals surface area contributed by atoms with Gasteiger partial charge in [-0.05, 0) is 64.0 Å². The molecule has 1 amide bonds. The van der Waals surface area contributed by atoms with Crippen molar-refractivity contribution in [1.29, 1.82) is 0 Å². The summed E-state index contributed by atoms with van der Waals surface area (Å²) >= 11 is 15.5. The number of aliphatic imine (C=N–C) groups is 1. The number of anilines is 2. The number of nitrogens with one attached hydrogen (secondary N) is 2. The molecule has 4 N–H and O–H groups in total. The van der Waals surface area contributed by atoms with E-state index in [1.54, 1.807) is 24.3 Å². The predicted molar refractivity (Wildman–Crippen MR) is 168 cm³/mol. The highest BCUT2D eigenvalue weighted by Crippen LogP contribution is 2.46. The van der Waals surface area contributed by atoms with Gasteiger partial charge in [-0.3, -0.25) is 4.79 Å². The molecule has 12 heteroatoms. The van der Waals surface area contributed by atoms with Crippen molar-refractivity contribution < 1.29 is 14.3 Å². The molecule has 38 heavy (non-hydrogen) atoms. The van der Waals surface area contributed by atoms with Gasteiger partial charge < -0.3 is 30.5 Å². The van der Waals surface area contributed by atoms with E-state index in [1.807, 2.05) is 24.3 Å². The summed E-state index contributed by atoms with van der Waals surface area (Å²) in [6.07, 6.45) is 0.337. The Balaban J connectivity index is 1.64. The lowest BCUT2D eigenvalue weighted by Gasteiger charge is -2.29. The molecule has 1 unspecified atom stereocenters. The molecule has 1 fully saturated rings. The Morgan fingerprint density at radius 2 is 1.68 bits per heavy atom. The second kappa shape index (κ2) is 13.2. The summed E-state index contributed by atoms with van der Waals surface area (Å²) in [6, 6.07) is 14.6. The molecule has 0 spiro atoms. The molecule has 1 saturated heterocycles. The van der Waals surface area contributed by atoms with E-state index < -0.39 is 5.91 Å². The number of nitrogens with two attached hydrogens (primary N) is 1. The fourth-order valence-corrected chi connectivity index (χ4v) is 6.09. The van der Waals surface area contributed by atoms with Crippen LogP contribution in [-0.4, -0.2) is 52.1 Å². The Hall–Kier alpha value is -2.30. The Morgan fingerprint density at radius 1 is 1.05 bits per heavy atom. The highest BCUT2D eigenvalue weighted by molar-refractivity contribution is 14.2. The van der Waals surface area contributed by atoms with E-state index in [9.17, 15) is 4.79 Å². The van der Waals surface area contributed by atoms with Crippen LogP contribution in [0.15, 0.2) is 53.5 Å². The zero-order valence-electron chi connectivity index (χ0n) is 20.8. The van der Waals surface area contributed by atoms with Gasteiger partial charge in [-0.2, -0.15) is 4.99 Å². The number of benzene rings is 3. The maximum absolute atomic E-state index is 12.9. The molecule has 1 aliphatic rings. The molecule has 8 nitrogen and oxygen atoms in total. The number of carbonyl (C=O) groups is 1. The van der Waals surface area contributed by atoms with Crippen LogP contribution in [0.4, 0.5) is 11.4 Å². The molecule has 0 aliphatic carbocycles. The van der Waals surface area contributed by atoms with E-state index in [-0.39, 0.29) is 5.84 Å². The summed E-state index contributed by atoms with van der Waals surface area (Å²) in [4.78, 5) is 19.4. The van der Waals surface area contributed by atoms with Gasteiger partial charge in [-0.25, -0.2) is 0 Å². The van der Waals surface area contributed by atoms with Gasteiger partial charge in [-0.15, -0.1) is 0 Å². The molecular formula is C26H27Cl2IN5O3P. The second-order valence-corrected chi connectivity index (χ2v) is 11.2. The summed E-state index contributed by atoms with van der Waals surface area (Å²) in [7, 11) is 3.05. The molecular weight excluding hydrogens is 659 g/mol. The van der Waals surface area contributed by atoms with Crippen molar-refractivity contribution in [3.8, 4) is 22.6 Å². The highest BCUT2D eigenvalue weighted by Gasteiger charge is 2.20. The van der Waals surface area contributed by atoms with E-state index in [4.69, 9.17) is 38.4 Å². The third kappa shape index (κ3) is 6.29. The molecule has 1 atom stereocenters. The Labute approximate surface area is 246 Å². The van der Waals surface area contributed by atoms with Crippen LogP contribution in [0.5, 0.6) is 11.5 Å². The van der Waals surface area contributed by atoms with Gasteiger partial charge >= 0.3 is 0 Å². The van der Waals surface area contributed by atoms with Crippen LogP contribution in [0.1, 0.15) is 15.9 Å². The number of methoxy groups -OCH3 is 2. The van der Waals surface area contributed by atoms with Gasteiger partial charge in [0.2, 0.25) is 0 Å². The maximum Gasteiger partial charge on any atom is 0.278 e. The van der Waals surface area contributed by atoms with Crippen molar-refractivity contribution in [3.63, 3.8) is 0 Å². The minimum absolute atomic E-state index is 0.102. The third-order valence-corrected chi connectivity index (χ3v) is 8.08. The first-order valence-corrected chi connectivity index (χ1v) is 16.6. The fraction of sp³-hybridized carbons (Fsp3) is 0.231. The third-order valence-electron chi connectivity index (χ3n) is 6.16. The van der Waals surface area contributed by atoms with Crippen LogP contribution in [0.25, 0.3) is 11.1 Å². The topological polar surface area (TPSA) is 101 Å². The zero-order valence-corrected chi connectivity index (χ0v) is 25.4. The second-order valence-electron chi connectivity index (χ2n) is 8.35. The molecule has 1 aliphatic heterocycles. The smallest absolute Gasteiger partial charge is 0.278 e. The summed E-state index contributed by atoms with van der Waals surface area (Å²) in [5.74, 6) is 0.564. The Bertz CT molecular complexity index is 1320. The monoisotopic (exact) mass is 685 g/mol. The van der Waals surface area contributed by atoms with Crippen molar-refractivity contribution in [2.24, 2.45) is 10.7 Å². The van der Waals surface area contributed by atoms with E-state index in [0.29, 0.717) is 50.3 Å². The standard InChI is InChI=1S/C26H27Cl2IN5O3P/c1-36-20-14-21(37-2)24(28)22(23(20)27)16-5-8-18(19(13-16)33-38-29)25(30)32-26(35)15-3-6-17(7-4-15)34-11-9-31-10-12-34/h3-8,13-14,31,33,38H,9-12H2,1-2H3,(H2,30,32,35). The first-order valence-electron chi connectivity index (χ1n) is 11.7. The predicted octanol–water partition coefficient (Wildman–Crippen LogP) is 5.99. The Kier molecular flexibility index (Phi) is 9.95.